The topological polar surface area (TPSA) is 12.0 Å². The van der Waals surface area contributed by atoms with E-state index >= 15 is 0 Å². The molecule has 0 aromatic heterocycles. The Hall–Kier alpha value is 0.390. The van der Waals surface area contributed by atoms with Gasteiger partial charge in [-0.15, -0.1) is 0 Å². The molecule has 1 nitrogen and oxygen atoms in total. The number of unbranched alkanes of at least 4 members (excludes halogenated alkanes) is 1. The molecule has 50 valence electrons. The smallest absolute Gasteiger partial charge is 0.0125 e. The van der Waals surface area contributed by atoms with Gasteiger partial charge in [0.05, 0.1) is 0 Å². The summed E-state index contributed by atoms with van der Waals surface area (Å²) in [4.78, 5) is 0. The van der Waals surface area contributed by atoms with E-state index in [2.05, 4.69) is 18.7 Å². The van der Waals surface area contributed by atoms with E-state index in [1.54, 1.807) is 0 Å². The van der Waals surface area contributed by atoms with Crippen molar-refractivity contribution in [2.24, 2.45) is 0 Å². The summed E-state index contributed by atoms with van der Waals surface area (Å²) in [6, 6.07) is 0. The zero-order valence-electron chi connectivity index (χ0n) is 6.07. The third kappa shape index (κ3) is 4.55. The molecular formula is C6H16NP. The minimum absolute atomic E-state index is 0.166. The lowest BCUT2D eigenvalue weighted by molar-refractivity contribution is 0.887. The second-order valence-electron chi connectivity index (χ2n) is 2.00. The first-order valence-electron chi connectivity index (χ1n) is 3.19. The number of hydrogen-bond donors (Lipinski definition) is 1. The van der Waals surface area contributed by atoms with Crippen molar-refractivity contribution in [3.8, 4) is 0 Å². The molecule has 0 bridgehead atoms. The molecule has 0 aliphatic heterocycles. The van der Waals surface area contributed by atoms with Crippen molar-refractivity contribution in [3.63, 3.8) is 0 Å². The number of hydrogen-bond acceptors (Lipinski definition) is 1. The summed E-state index contributed by atoms with van der Waals surface area (Å²) in [6.45, 7) is 4.52. The van der Waals surface area contributed by atoms with E-state index in [0.717, 1.165) is 0 Å². The Morgan fingerprint density at radius 2 is 2.12 bits per heavy atom. The molecule has 8 heavy (non-hydrogen) atoms. The minimum Gasteiger partial charge on any atom is -0.299 e. The molecule has 0 aromatic rings. The van der Waals surface area contributed by atoms with Crippen molar-refractivity contribution in [2.75, 3.05) is 19.9 Å². The van der Waals surface area contributed by atoms with Gasteiger partial charge in [-0.05, 0) is 34.4 Å². The highest BCUT2D eigenvalue weighted by atomic mass is 31.1. The van der Waals surface area contributed by atoms with Crippen LogP contribution in [0.1, 0.15) is 19.8 Å². The molecule has 1 unspecified atom stereocenters. The quantitative estimate of drug-likeness (QED) is 0.578. The summed E-state index contributed by atoms with van der Waals surface area (Å²) in [5.74, 6) is 0. The second kappa shape index (κ2) is 5.53. The first-order chi connectivity index (χ1) is 3.81. The average molecular weight is 133 g/mol. The zero-order chi connectivity index (χ0) is 6.41. The number of nitrogens with one attached hydrogen (secondary N) is 1. The van der Waals surface area contributed by atoms with Gasteiger partial charge in [-0.1, -0.05) is 13.3 Å². The van der Waals surface area contributed by atoms with Crippen LogP contribution < -0.4 is 5.09 Å². The Bertz CT molecular complexity index is 47.8. The van der Waals surface area contributed by atoms with Gasteiger partial charge in [-0.2, -0.15) is 0 Å². The highest BCUT2D eigenvalue weighted by molar-refractivity contribution is 7.54. The Morgan fingerprint density at radius 3 is 2.50 bits per heavy atom. The zero-order valence-corrected chi connectivity index (χ0v) is 6.96. The first-order valence-corrected chi connectivity index (χ1v) is 5.17. The molecule has 1 atom stereocenters. The lowest BCUT2D eigenvalue weighted by atomic mass is 10.4. The van der Waals surface area contributed by atoms with Gasteiger partial charge in [-0.25, -0.2) is 0 Å². The van der Waals surface area contributed by atoms with E-state index in [-0.39, 0.29) is 8.07 Å². The molecule has 0 amide bonds. The molecule has 0 rings (SSSR count). The minimum atomic E-state index is 0.166. The lowest BCUT2D eigenvalue weighted by Crippen LogP contribution is -1.98. The monoisotopic (exact) mass is 133 g/mol. The van der Waals surface area contributed by atoms with E-state index in [9.17, 15) is 0 Å². The van der Waals surface area contributed by atoms with Crippen molar-refractivity contribution < 1.29 is 0 Å². The highest BCUT2D eigenvalue weighted by Gasteiger charge is 1.92. The van der Waals surface area contributed by atoms with Gasteiger partial charge in [0.15, 0.2) is 0 Å². The summed E-state index contributed by atoms with van der Waals surface area (Å²) < 4.78 is 0. The Labute approximate surface area is 53.7 Å². The van der Waals surface area contributed by atoms with E-state index in [1.807, 2.05) is 7.05 Å². The largest absolute Gasteiger partial charge is 0.299 e. The third-order valence-electron chi connectivity index (χ3n) is 1.23. The summed E-state index contributed by atoms with van der Waals surface area (Å²) in [7, 11) is 2.21. The van der Waals surface area contributed by atoms with Gasteiger partial charge < -0.3 is 0 Å². The van der Waals surface area contributed by atoms with Crippen molar-refractivity contribution in [3.05, 3.63) is 0 Å². The van der Waals surface area contributed by atoms with Crippen LogP contribution in [0.25, 0.3) is 0 Å². The first kappa shape index (κ1) is 8.39. The van der Waals surface area contributed by atoms with Gasteiger partial charge >= 0.3 is 0 Å². The Balaban J connectivity index is 2.86. The Kier molecular flexibility index (Phi) is 5.79. The molecule has 1 N–H and O–H groups in total. The predicted molar refractivity (Wildman–Crippen MR) is 41.7 cm³/mol. The molecule has 0 aliphatic rings. The van der Waals surface area contributed by atoms with Crippen LogP contribution in [0, 0.1) is 0 Å². The van der Waals surface area contributed by atoms with Crippen molar-refractivity contribution in [1.82, 2.24) is 5.09 Å². The van der Waals surface area contributed by atoms with Crippen LogP contribution in [-0.4, -0.2) is 19.9 Å². The standard InChI is InChI=1S/C6H16NP/c1-4-5-6-8(3)7-2/h7H,4-6H2,1-3H3. The molecule has 2 heteroatoms. The van der Waals surface area contributed by atoms with Crippen LogP contribution in [0.2, 0.25) is 0 Å². The summed E-state index contributed by atoms with van der Waals surface area (Å²) in [5.41, 5.74) is 0. The molecule has 0 saturated carbocycles. The fourth-order valence-electron chi connectivity index (χ4n) is 0.507. The predicted octanol–water partition coefficient (Wildman–Crippen LogP) is 2.03. The molecular weight excluding hydrogens is 117 g/mol. The van der Waals surface area contributed by atoms with Crippen molar-refractivity contribution in [1.29, 1.82) is 0 Å². The van der Waals surface area contributed by atoms with Crippen LogP contribution in [0.3, 0.4) is 0 Å². The third-order valence-corrected chi connectivity index (χ3v) is 2.98. The van der Waals surface area contributed by atoms with E-state index < -0.39 is 0 Å². The summed E-state index contributed by atoms with van der Waals surface area (Å²) >= 11 is 0. The van der Waals surface area contributed by atoms with Gasteiger partial charge in [0.2, 0.25) is 0 Å². The average Bonchev–Trinajstić information content (AvgIpc) is 1.83. The van der Waals surface area contributed by atoms with E-state index in [4.69, 9.17) is 0 Å². The summed E-state index contributed by atoms with van der Waals surface area (Å²) in [5, 5.41) is 3.26. The van der Waals surface area contributed by atoms with Crippen LogP contribution in [0.4, 0.5) is 0 Å². The fourth-order valence-corrected chi connectivity index (χ4v) is 1.52. The van der Waals surface area contributed by atoms with Crippen LogP contribution >= 0.6 is 8.07 Å². The van der Waals surface area contributed by atoms with Crippen LogP contribution in [0.5, 0.6) is 0 Å². The molecule has 0 aliphatic carbocycles. The summed E-state index contributed by atoms with van der Waals surface area (Å²) in [6.07, 6.45) is 4.08. The van der Waals surface area contributed by atoms with Crippen LogP contribution in [-0.2, 0) is 0 Å². The normalized spacial score (nSPS) is 13.9. The van der Waals surface area contributed by atoms with Gasteiger partial charge in [-0.3, -0.25) is 5.09 Å². The SMILES string of the molecule is CCCCP(C)NC. The number of rotatable bonds is 4. The molecule has 0 heterocycles. The molecule has 0 radical (unpaired) electrons. The highest BCUT2D eigenvalue weighted by Crippen LogP contribution is 2.24. The van der Waals surface area contributed by atoms with E-state index in [1.165, 1.54) is 19.0 Å². The maximum Gasteiger partial charge on any atom is -0.0125 e. The second-order valence-corrected chi connectivity index (χ2v) is 4.29. The van der Waals surface area contributed by atoms with Crippen molar-refractivity contribution >= 4 is 8.07 Å². The maximum atomic E-state index is 3.26. The fraction of sp³-hybridized carbons (Fsp3) is 1.00. The van der Waals surface area contributed by atoms with Gasteiger partial charge in [0.25, 0.3) is 0 Å². The lowest BCUT2D eigenvalue weighted by Gasteiger charge is -2.07. The Morgan fingerprint density at radius 1 is 1.50 bits per heavy atom. The molecule has 0 aromatic carbocycles. The van der Waals surface area contributed by atoms with Crippen molar-refractivity contribution in [2.45, 2.75) is 19.8 Å². The van der Waals surface area contributed by atoms with E-state index in [0.29, 0.717) is 0 Å². The molecule has 0 spiro atoms. The molecule has 0 fully saturated rings. The maximum absolute atomic E-state index is 3.26. The van der Waals surface area contributed by atoms with Crippen LogP contribution in [0.15, 0.2) is 0 Å². The molecule has 0 saturated heterocycles. The van der Waals surface area contributed by atoms with Gasteiger partial charge in [0, 0.05) is 0 Å². The van der Waals surface area contributed by atoms with Gasteiger partial charge in [0.1, 0.15) is 0 Å².